The molecule has 0 aromatic heterocycles. The van der Waals surface area contributed by atoms with Gasteiger partial charge in [0.15, 0.2) is 0 Å². The molecule has 0 aromatic carbocycles. The molecule has 54 heavy (non-hydrogen) atoms. The highest BCUT2D eigenvalue weighted by Crippen LogP contribution is 2.38. The van der Waals surface area contributed by atoms with Crippen LogP contribution in [0.3, 0.4) is 0 Å². The van der Waals surface area contributed by atoms with Gasteiger partial charge in [-0.15, -0.1) is 0 Å². The zero-order valence-electron chi connectivity index (χ0n) is 35.4. The second kappa shape index (κ2) is 36.8. The van der Waals surface area contributed by atoms with Crippen LogP contribution in [-0.4, -0.2) is 68.5 Å². The lowest BCUT2D eigenvalue weighted by Crippen LogP contribution is -2.45. The molecule has 2 N–H and O–H groups in total. The summed E-state index contributed by atoms with van der Waals surface area (Å²) >= 11 is 0. The van der Waals surface area contributed by atoms with E-state index in [9.17, 15) is 19.4 Å². The molecule has 9 heteroatoms. The molecule has 0 heterocycles. The van der Waals surface area contributed by atoms with Crippen molar-refractivity contribution in [2.45, 2.75) is 180 Å². The number of aliphatic hydroxyl groups excluding tert-OH is 1. The number of carbonyl (C=O) groups excluding carboxylic acids is 1. The van der Waals surface area contributed by atoms with Crippen LogP contribution in [0.15, 0.2) is 60.8 Å². The maximum Gasteiger partial charge on any atom is 0.268 e. The molecule has 0 bridgehead atoms. The fourth-order valence-electron chi connectivity index (χ4n) is 5.68. The van der Waals surface area contributed by atoms with Gasteiger partial charge >= 0.3 is 0 Å². The molecular formula is C45H83N2O6P. The average Bonchev–Trinajstić information content (AvgIpc) is 3.12. The van der Waals surface area contributed by atoms with E-state index in [2.05, 4.69) is 67.8 Å². The summed E-state index contributed by atoms with van der Waals surface area (Å²) in [4.78, 5) is 25.3. The topological polar surface area (TPSA) is 108 Å². The normalized spacial score (nSPS) is 15.0. The first-order valence-electron chi connectivity index (χ1n) is 21.7. The highest BCUT2D eigenvalue weighted by atomic mass is 31.2. The molecule has 0 saturated carbocycles. The number of hydrogen-bond acceptors (Lipinski definition) is 6. The maximum atomic E-state index is 12.8. The molecule has 0 spiro atoms. The minimum atomic E-state index is -4.60. The first-order chi connectivity index (χ1) is 26.0. The van der Waals surface area contributed by atoms with Crippen LogP contribution in [0.4, 0.5) is 0 Å². The Bertz CT molecular complexity index is 1060. The SMILES string of the molecule is CCCCC/C=C\C/C=C\CCCCCCCC(=O)NC(COP(=O)([O-])OCC[N+](C)(C)C)C(O)/C=C/CC/C=C/CC/C=C/CCCCCCCCC. The van der Waals surface area contributed by atoms with E-state index in [1.54, 1.807) is 6.08 Å². The van der Waals surface area contributed by atoms with E-state index >= 15 is 0 Å². The van der Waals surface area contributed by atoms with E-state index in [4.69, 9.17) is 9.05 Å². The third kappa shape index (κ3) is 38.5. The van der Waals surface area contributed by atoms with Crippen LogP contribution in [0.1, 0.15) is 168 Å². The third-order valence-electron chi connectivity index (χ3n) is 9.18. The van der Waals surface area contributed by atoms with Crippen LogP contribution in [0, 0.1) is 0 Å². The molecule has 0 aliphatic rings. The molecule has 0 saturated heterocycles. The Morgan fingerprint density at radius 1 is 0.648 bits per heavy atom. The number of phosphoric acid groups is 1. The minimum absolute atomic E-state index is 0.0142. The van der Waals surface area contributed by atoms with Crippen molar-refractivity contribution in [3.05, 3.63) is 60.8 Å². The van der Waals surface area contributed by atoms with Gasteiger partial charge < -0.3 is 28.8 Å². The average molecular weight is 779 g/mol. The maximum absolute atomic E-state index is 12.8. The van der Waals surface area contributed by atoms with Crippen molar-refractivity contribution >= 4 is 13.7 Å². The van der Waals surface area contributed by atoms with Gasteiger partial charge in [0, 0.05) is 6.42 Å². The smallest absolute Gasteiger partial charge is 0.268 e. The number of unbranched alkanes of at least 4 members (excludes halogenated alkanes) is 17. The lowest BCUT2D eigenvalue weighted by atomic mass is 10.1. The second-order valence-electron chi connectivity index (χ2n) is 15.7. The first kappa shape index (κ1) is 52.2. The number of rotatable bonds is 38. The molecule has 0 aliphatic heterocycles. The summed E-state index contributed by atoms with van der Waals surface area (Å²) in [6.07, 6.45) is 46.9. The van der Waals surface area contributed by atoms with E-state index in [1.165, 1.54) is 77.0 Å². The van der Waals surface area contributed by atoms with Crippen LogP contribution >= 0.6 is 7.82 Å². The molecule has 0 aromatic rings. The number of phosphoric ester groups is 1. The molecule has 314 valence electrons. The number of aliphatic hydroxyl groups is 1. The fourth-order valence-corrected chi connectivity index (χ4v) is 6.41. The molecule has 8 nitrogen and oxygen atoms in total. The summed E-state index contributed by atoms with van der Waals surface area (Å²) in [5.41, 5.74) is 0. The fraction of sp³-hybridized carbons (Fsp3) is 0.756. The number of carbonyl (C=O) groups is 1. The molecule has 0 radical (unpaired) electrons. The van der Waals surface area contributed by atoms with Gasteiger partial charge in [0.05, 0.1) is 39.9 Å². The van der Waals surface area contributed by atoms with Gasteiger partial charge in [-0.3, -0.25) is 9.36 Å². The molecule has 0 fully saturated rings. The van der Waals surface area contributed by atoms with Crippen molar-refractivity contribution in [1.82, 2.24) is 5.32 Å². The number of nitrogens with zero attached hydrogens (tertiary/aromatic N) is 1. The van der Waals surface area contributed by atoms with Crippen LogP contribution in [0.25, 0.3) is 0 Å². The summed E-state index contributed by atoms with van der Waals surface area (Å²) < 4.78 is 23.1. The van der Waals surface area contributed by atoms with Crippen molar-refractivity contribution in [3.63, 3.8) is 0 Å². The van der Waals surface area contributed by atoms with Gasteiger partial charge in [0.1, 0.15) is 13.2 Å². The number of hydrogen-bond donors (Lipinski definition) is 2. The van der Waals surface area contributed by atoms with Crippen molar-refractivity contribution in [2.75, 3.05) is 40.9 Å². The zero-order chi connectivity index (χ0) is 40.0. The number of nitrogens with one attached hydrogen (secondary N) is 1. The van der Waals surface area contributed by atoms with Crippen LogP contribution in [0.2, 0.25) is 0 Å². The quantitative estimate of drug-likeness (QED) is 0.0280. The molecular weight excluding hydrogens is 695 g/mol. The van der Waals surface area contributed by atoms with Crippen molar-refractivity contribution in [3.8, 4) is 0 Å². The zero-order valence-corrected chi connectivity index (χ0v) is 36.3. The first-order valence-corrected chi connectivity index (χ1v) is 23.1. The lowest BCUT2D eigenvalue weighted by molar-refractivity contribution is -0.870. The van der Waals surface area contributed by atoms with E-state index in [0.717, 1.165) is 70.6 Å². The number of quaternary nitrogens is 1. The van der Waals surface area contributed by atoms with Gasteiger partial charge in [-0.25, -0.2) is 0 Å². The highest BCUT2D eigenvalue weighted by Gasteiger charge is 2.23. The molecule has 3 unspecified atom stereocenters. The highest BCUT2D eigenvalue weighted by molar-refractivity contribution is 7.45. The van der Waals surface area contributed by atoms with E-state index in [1.807, 2.05) is 27.2 Å². The van der Waals surface area contributed by atoms with Crippen LogP contribution in [-0.2, 0) is 18.4 Å². The predicted molar refractivity (Wildman–Crippen MR) is 228 cm³/mol. The standard InChI is InChI=1S/C45H83N2O6P/c1-6-8-10-12-14-16-18-20-22-23-25-26-28-30-32-34-36-38-44(48)43(42-53-54(50,51)52-41-40-47(3,4)5)46-45(49)39-37-35-33-31-29-27-24-21-19-17-15-13-11-9-7-2/h15,17,21-24,28,30,36,38,43-44,48H,6-14,16,18-20,25-27,29,31-35,37,39-42H2,1-5H3,(H-,46,49,50,51)/b17-15-,23-22+,24-21-,30-28+,38-36+. The van der Waals surface area contributed by atoms with Gasteiger partial charge in [0.25, 0.3) is 7.82 Å². The Hall–Kier alpha value is -1.80. The number of amides is 1. The van der Waals surface area contributed by atoms with Gasteiger partial charge in [-0.2, -0.15) is 0 Å². The molecule has 0 rings (SSSR count). The van der Waals surface area contributed by atoms with Crippen molar-refractivity contribution in [2.24, 2.45) is 0 Å². The van der Waals surface area contributed by atoms with Crippen molar-refractivity contribution < 1.29 is 32.9 Å². The summed E-state index contributed by atoms with van der Waals surface area (Å²) in [7, 11) is 1.21. The summed E-state index contributed by atoms with van der Waals surface area (Å²) in [5.74, 6) is -0.229. The van der Waals surface area contributed by atoms with E-state index in [-0.39, 0.29) is 12.5 Å². The van der Waals surface area contributed by atoms with E-state index in [0.29, 0.717) is 17.4 Å². The van der Waals surface area contributed by atoms with Crippen molar-refractivity contribution in [1.29, 1.82) is 0 Å². The Morgan fingerprint density at radius 2 is 1.09 bits per heavy atom. The Balaban J connectivity index is 4.58. The summed E-state index contributed by atoms with van der Waals surface area (Å²) in [6, 6.07) is -0.917. The summed E-state index contributed by atoms with van der Waals surface area (Å²) in [5, 5.41) is 13.7. The van der Waals surface area contributed by atoms with Gasteiger partial charge in [0.2, 0.25) is 5.91 Å². The largest absolute Gasteiger partial charge is 0.756 e. The molecule has 3 atom stereocenters. The van der Waals surface area contributed by atoms with Crippen LogP contribution in [0.5, 0.6) is 0 Å². The minimum Gasteiger partial charge on any atom is -0.756 e. The molecule has 0 aliphatic carbocycles. The van der Waals surface area contributed by atoms with Crippen LogP contribution < -0.4 is 10.2 Å². The number of allylic oxidation sites excluding steroid dienone is 9. The van der Waals surface area contributed by atoms with Gasteiger partial charge in [-0.05, 0) is 77.0 Å². The Labute approximate surface area is 332 Å². The van der Waals surface area contributed by atoms with Gasteiger partial charge in [-0.1, -0.05) is 145 Å². The Kier molecular flexibility index (Phi) is 35.6. The van der Waals surface area contributed by atoms with E-state index < -0.39 is 26.6 Å². The monoisotopic (exact) mass is 779 g/mol. The second-order valence-corrected chi connectivity index (χ2v) is 17.1. The lowest BCUT2D eigenvalue weighted by Gasteiger charge is -2.29. The predicted octanol–water partition coefficient (Wildman–Crippen LogP) is 11.2. The third-order valence-corrected chi connectivity index (χ3v) is 10.1. The molecule has 1 amide bonds. The summed E-state index contributed by atoms with van der Waals surface area (Å²) in [6.45, 7) is 4.55. The number of likely N-dealkylation sites (N-methyl/N-ethyl adjacent to an activating group) is 1. The Morgan fingerprint density at radius 3 is 1.65 bits per heavy atom.